The lowest BCUT2D eigenvalue weighted by molar-refractivity contribution is -0.151. The summed E-state index contributed by atoms with van der Waals surface area (Å²) in [6.45, 7) is 1.89. The molecule has 1 unspecified atom stereocenters. The predicted octanol–water partition coefficient (Wildman–Crippen LogP) is 1.57. The fourth-order valence-electron chi connectivity index (χ4n) is 2.00. The van der Waals surface area contributed by atoms with Crippen LogP contribution in [0.5, 0.6) is 0 Å². The molecule has 0 aliphatic carbocycles. The van der Waals surface area contributed by atoms with Gasteiger partial charge < -0.3 is 9.64 Å². The van der Waals surface area contributed by atoms with E-state index in [1.54, 1.807) is 6.92 Å². The number of hydrogen-bond donors (Lipinski definition) is 0. The Kier molecular flexibility index (Phi) is 4.60. The molecule has 1 amide bonds. The summed E-state index contributed by atoms with van der Waals surface area (Å²) >= 11 is 0. The highest BCUT2D eigenvalue weighted by atomic mass is 19.3. The van der Waals surface area contributed by atoms with Crippen molar-refractivity contribution in [1.29, 1.82) is 0 Å². The van der Waals surface area contributed by atoms with Crippen molar-refractivity contribution in [1.82, 2.24) is 4.90 Å². The van der Waals surface area contributed by atoms with E-state index in [-0.39, 0.29) is 18.9 Å². The van der Waals surface area contributed by atoms with Gasteiger partial charge in [-0.25, -0.2) is 4.79 Å². The van der Waals surface area contributed by atoms with Gasteiger partial charge in [0.2, 0.25) is 5.91 Å². The van der Waals surface area contributed by atoms with E-state index in [1.807, 2.05) is 0 Å². The van der Waals surface area contributed by atoms with Crippen LogP contribution < -0.4 is 0 Å². The molecule has 2 atom stereocenters. The third-order valence-corrected chi connectivity index (χ3v) is 2.79. The number of halogens is 2. The fourth-order valence-corrected chi connectivity index (χ4v) is 2.00. The number of nitrogens with zero attached hydrogens (tertiary/aromatic N) is 1. The van der Waals surface area contributed by atoms with E-state index in [1.165, 1.54) is 12.0 Å². The van der Waals surface area contributed by atoms with E-state index < -0.39 is 24.0 Å². The molecule has 0 spiro atoms. The van der Waals surface area contributed by atoms with E-state index in [4.69, 9.17) is 0 Å². The Morgan fingerprint density at radius 2 is 2.29 bits per heavy atom. The van der Waals surface area contributed by atoms with Crippen LogP contribution in [-0.2, 0) is 14.3 Å². The first-order chi connectivity index (χ1) is 7.99. The Hall–Kier alpha value is -1.46. The molecule has 1 aliphatic rings. The molecule has 0 radical (unpaired) electrons. The third-order valence-electron chi connectivity index (χ3n) is 2.79. The van der Waals surface area contributed by atoms with Crippen LogP contribution >= 0.6 is 0 Å². The van der Waals surface area contributed by atoms with Gasteiger partial charge in [-0.2, -0.15) is 8.78 Å². The summed E-state index contributed by atoms with van der Waals surface area (Å²) in [4.78, 5) is 24.4. The molecular formula is C11H15F2NO3. The van der Waals surface area contributed by atoms with Crippen LogP contribution in [0.15, 0.2) is 12.2 Å². The highest BCUT2D eigenvalue weighted by Gasteiger charge is 2.36. The van der Waals surface area contributed by atoms with Crippen molar-refractivity contribution in [3.05, 3.63) is 12.2 Å². The molecule has 1 saturated heterocycles. The van der Waals surface area contributed by atoms with Crippen LogP contribution in [0.4, 0.5) is 8.78 Å². The van der Waals surface area contributed by atoms with E-state index >= 15 is 0 Å². The predicted molar refractivity (Wildman–Crippen MR) is 56.2 cm³/mol. The number of amides is 1. The van der Waals surface area contributed by atoms with Crippen molar-refractivity contribution >= 4 is 11.9 Å². The summed E-state index contributed by atoms with van der Waals surface area (Å²) in [5.41, 5.74) is 0. The van der Waals surface area contributed by atoms with Gasteiger partial charge in [0.15, 0.2) is 0 Å². The molecule has 6 heteroatoms. The third kappa shape index (κ3) is 3.25. The summed E-state index contributed by atoms with van der Waals surface area (Å²) in [5, 5.41) is 0. The topological polar surface area (TPSA) is 46.6 Å². The van der Waals surface area contributed by atoms with Crippen molar-refractivity contribution in [2.45, 2.75) is 25.8 Å². The second kappa shape index (κ2) is 5.75. The second-order valence-electron chi connectivity index (χ2n) is 3.91. The lowest BCUT2D eigenvalue weighted by Crippen LogP contribution is -2.42. The molecule has 0 bridgehead atoms. The molecule has 1 fully saturated rings. The van der Waals surface area contributed by atoms with Crippen LogP contribution in [0.25, 0.3) is 0 Å². The molecular weight excluding hydrogens is 232 g/mol. The van der Waals surface area contributed by atoms with Gasteiger partial charge in [0.1, 0.15) is 6.04 Å². The van der Waals surface area contributed by atoms with Gasteiger partial charge in [-0.1, -0.05) is 6.92 Å². The summed E-state index contributed by atoms with van der Waals surface area (Å²) in [6, 6.07) is -0.673. The number of ether oxygens (including phenoxy) is 1. The zero-order chi connectivity index (χ0) is 13.0. The maximum atomic E-state index is 12.1. The average Bonchev–Trinajstić information content (AvgIpc) is 2.59. The lowest BCUT2D eigenvalue weighted by atomic mass is 10.1. The van der Waals surface area contributed by atoms with Crippen molar-refractivity contribution in [3.8, 4) is 0 Å². The zero-order valence-corrected chi connectivity index (χ0v) is 9.78. The Labute approximate surface area is 98.2 Å². The Morgan fingerprint density at radius 3 is 2.76 bits per heavy atom. The van der Waals surface area contributed by atoms with E-state index in [2.05, 4.69) is 4.74 Å². The normalized spacial score (nSPS) is 21.3. The Morgan fingerprint density at radius 1 is 1.65 bits per heavy atom. The number of carbonyl (C=O) groups excluding carboxylic acids is 2. The summed E-state index contributed by atoms with van der Waals surface area (Å²) < 4.78 is 28.8. The first-order valence-corrected chi connectivity index (χ1v) is 5.39. The molecule has 96 valence electrons. The second-order valence-corrected chi connectivity index (χ2v) is 3.91. The van der Waals surface area contributed by atoms with E-state index in [0.717, 1.165) is 6.08 Å². The van der Waals surface area contributed by atoms with Crippen LogP contribution in [-0.4, -0.2) is 36.5 Å². The average molecular weight is 247 g/mol. The minimum absolute atomic E-state index is 0.0187. The van der Waals surface area contributed by atoms with Gasteiger partial charge >= 0.3 is 5.97 Å². The van der Waals surface area contributed by atoms with Gasteiger partial charge in [-0.05, 0) is 12.5 Å². The first-order valence-electron chi connectivity index (χ1n) is 5.39. The SMILES string of the molecule is CCC(C(=O)OC)N1C[C@H](C=C(F)F)CC1=O. The van der Waals surface area contributed by atoms with E-state index in [9.17, 15) is 18.4 Å². The highest BCUT2D eigenvalue weighted by molar-refractivity contribution is 5.86. The summed E-state index contributed by atoms with van der Waals surface area (Å²) in [6.07, 6.45) is -0.601. The van der Waals surface area contributed by atoms with Crippen molar-refractivity contribution < 1.29 is 23.1 Å². The molecule has 4 nitrogen and oxygen atoms in total. The molecule has 1 rings (SSSR count). The number of rotatable bonds is 4. The first kappa shape index (κ1) is 13.6. The quantitative estimate of drug-likeness (QED) is 0.708. The zero-order valence-electron chi connectivity index (χ0n) is 9.78. The largest absolute Gasteiger partial charge is 0.467 e. The smallest absolute Gasteiger partial charge is 0.328 e. The highest BCUT2D eigenvalue weighted by Crippen LogP contribution is 2.24. The minimum atomic E-state index is -1.80. The van der Waals surface area contributed by atoms with Crippen LogP contribution in [0.2, 0.25) is 0 Å². The van der Waals surface area contributed by atoms with Gasteiger partial charge in [-0.15, -0.1) is 0 Å². The van der Waals surface area contributed by atoms with Gasteiger partial charge in [0.25, 0.3) is 6.08 Å². The summed E-state index contributed by atoms with van der Waals surface area (Å²) in [7, 11) is 1.24. The van der Waals surface area contributed by atoms with Crippen LogP contribution in [0, 0.1) is 5.92 Å². The van der Waals surface area contributed by atoms with Gasteiger partial charge in [-0.3, -0.25) is 4.79 Å². The minimum Gasteiger partial charge on any atom is -0.467 e. The van der Waals surface area contributed by atoms with Crippen molar-refractivity contribution in [3.63, 3.8) is 0 Å². The van der Waals surface area contributed by atoms with Gasteiger partial charge in [0.05, 0.1) is 7.11 Å². The number of likely N-dealkylation sites (tertiary alicyclic amines) is 1. The standard InChI is InChI=1S/C11H15F2NO3/c1-3-8(11(16)17-2)14-6-7(4-9(12)13)5-10(14)15/h4,7-8H,3,5-6H2,1-2H3/t7-,8?/m1/s1. The number of methoxy groups -OCH3 is 1. The summed E-state index contributed by atoms with van der Waals surface area (Å²) in [5.74, 6) is -1.32. The molecule has 0 aromatic carbocycles. The molecule has 1 heterocycles. The van der Waals surface area contributed by atoms with Gasteiger partial charge in [0, 0.05) is 18.9 Å². The number of carbonyl (C=O) groups is 2. The lowest BCUT2D eigenvalue weighted by Gasteiger charge is -2.24. The van der Waals surface area contributed by atoms with Crippen molar-refractivity contribution in [2.75, 3.05) is 13.7 Å². The molecule has 17 heavy (non-hydrogen) atoms. The number of esters is 1. The molecule has 0 saturated carbocycles. The molecule has 0 aromatic rings. The van der Waals surface area contributed by atoms with Crippen LogP contribution in [0.3, 0.4) is 0 Å². The fraction of sp³-hybridized carbons (Fsp3) is 0.636. The van der Waals surface area contributed by atoms with E-state index in [0.29, 0.717) is 6.42 Å². The number of hydrogen-bond acceptors (Lipinski definition) is 3. The maximum Gasteiger partial charge on any atom is 0.328 e. The molecule has 0 aromatic heterocycles. The molecule has 0 N–H and O–H groups in total. The van der Waals surface area contributed by atoms with Crippen molar-refractivity contribution in [2.24, 2.45) is 5.92 Å². The Balaban J connectivity index is 2.75. The molecule has 1 aliphatic heterocycles. The monoisotopic (exact) mass is 247 g/mol. The van der Waals surface area contributed by atoms with Crippen LogP contribution in [0.1, 0.15) is 19.8 Å². The Bertz CT molecular complexity index is 340. The maximum absolute atomic E-state index is 12.1.